The molecule has 1 aromatic heterocycles. The number of amides is 2. The smallest absolute Gasteiger partial charge is 0.298 e. The van der Waals surface area contributed by atoms with Gasteiger partial charge < -0.3 is 15.0 Å². The molecular formula is C29H39N5O3S. The minimum absolute atomic E-state index is 0.0841. The van der Waals surface area contributed by atoms with Crippen LogP contribution in [0, 0.1) is 5.92 Å². The summed E-state index contributed by atoms with van der Waals surface area (Å²) < 4.78 is 6.24. The molecule has 0 aliphatic heterocycles. The number of pyridine rings is 1. The predicted molar refractivity (Wildman–Crippen MR) is 153 cm³/mol. The largest absolute Gasteiger partial charge is 0.489 e. The molecule has 2 aliphatic rings. The van der Waals surface area contributed by atoms with Crippen LogP contribution in [0.15, 0.2) is 29.4 Å². The monoisotopic (exact) mass is 537 g/mol. The predicted octanol–water partition coefficient (Wildman–Crippen LogP) is 4.38. The fourth-order valence-corrected chi connectivity index (χ4v) is 5.38. The van der Waals surface area contributed by atoms with Gasteiger partial charge >= 0.3 is 0 Å². The van der Waals surface area contributed by atoms with E-state index < -0.39 is 0 Å². The highest BCUT2D eigenvalue weighted by Gasteiger charge is 2.25. The van der Waals surface area contributed by atoms with E-state index in [9.17, 15) is 9.59 Å². The quantitative estimate of drug-likeness (QED) is 0.345. The number of thioether (sulfide) groups is 1. The van der Waals surface area contributed by atoms with Crippen molar-refractivity contribution >= 4 is 29.1 Å². The molecule has 204 valence electrons. The molecule has 38 heavy (non-hydrogen) atoms. The first-order valence-corrected chi connectivity index (χ1v) is 14.7. The summed E-state index contributed by atoms with van der Waals surface area (Å²) in [5, 5.41) is 6.91. The summed E-state index contributed by atoms with van der Waals surface area (Å²) in [5.74, 6) is 0.515. The Hall–Kier alpha value is -2.91. The number of fused-ring (bicyclic) bond motifs is 2. The van der Waals surface area contributed by atoms with Crippen molar-refractivity contribution in [2.75, 3.05) is 26.9 Å². The molecule has 4 rings (SSSR count). The zero-order valence-corrected chi connectivity index (χ0v) is 23.7. The van der Waals surface area contributed by atoms with Crippen molar-refractivity contribution in [2.24, 2.45) is 11.0 Å². The van der Waals surface area contributed by atoms with Crippen molar-refractivity contribution in [1.82, 2.24) is 20.6 Å². The van der Waals surface area contributed by atoms with E-state index in [0.717, 1.165) is 43.2 Å². The van der Waals surface area contributed by atoms with Gasteiger partial charge in [-0.25, -0.2) is 5.43 Å². The fraction of sp³-hybridized carbons (Fsp3) is 0.517. The van der Waals surface area contributed by atoms with E-state index >= 15 is 0 Å². The van der Waals surface area contributed by atoms with Gasteiger partial charge in [0.25, 0.3) is 11.1 Å². The Morgan fingerprint density at radius 1 is 1.08 bits per heavy atom. The molecular weight excluding hydrogens is 498 g/mol. The molecule has 2 aliphatic carbocycles. The van der Waals surface area contributed by atoms with Gasteiger partial charge in [0.1, 0.15) is 12.4 Å². The molecule has 1 aromatic carbocycles. The molecule has 8 nitrogen and oxygen atoms in total. The molecule has 2 atom stereocenters. The molecule has 2 amide bonds. The second-order valence-electron chi connectivity index (χ2n) is 10.4. The number of carbonyl (C=O) groups excluding carboxylic acids is 2. The van der Waals surface area contributed by atoms with E-state index in [0.29, 0.717) is 18.7 Å². The number of likely N-dealkylation sites (N-methyl/N-ethyl adjacent to an activating group) is 1. The average molecular weight is 538 g/mol. The van der Waals surface area contributed by atoms with Gasteiger partial charge in [-0.15, -0.1) is 0 Å². The lowest BCUT2D eigenvalue weighted by molar-refractivity contribution is 0.0923. The van der Waals surface area contributed by atoms with Crippen molar-refractivity contribution in [3.63, 3.8) is 0 Å². The van der Waals surface area contributed by atoms with Crippen LogP contribution in [-0.2, 0) is 32.3 Å². The van der Waals surface area contributed by atoms with E-state index in [4.69, 9.17) is 9.72 Å². The van der Waals surface area contributed by atoms with Crippen LogP contribution in [0.5, 0.6) is 5.75 Å². The third-order valence-corrected chi connectivity index (χ3v) is 7.75. The Morgan fingerprint density at radius 2 is 1.74 bits per heavy atom. The summed E-state index contributed by atoms with van der Waals surface area (Å²) in [6, 6.07) is 7.17. The van der Waals surface area contributed by atoms with Crippen LogP contribution in [0.4, 0.5) is 4.79 Å². The zero-order chi connectivity index (χ0) is 27.1. The summed E-state index contributed by atoms with van der Waals surface area (Å²) >= 11 is 1.06. The molecule has 0 fully saturated rings. The van der Waals surface area contributed by atoms with Crippen LogP contribution in [-0.4, -0.2) is 60.2 Å². The summed E-state index contributed by atoms with van der Waals surface area (Å²) in [6.07, 6.45) is 11.3. The first-order chi connectivity index (χ1) is 18.4. The Morgan fingerprint density at radius 3 is 2.42 bits per heavy atom. The lowest BCUT2D eigenvalue weighted by atomic mass is 9.89. The highest BCUT2D eigenvalue weighted by molar-refractivity contribution is 8.12. The molecule has 0 saturated heterocycles. The third-order valence-electron chi connectivity index (χ3n) is 7.29. The van der Waals surface area contributed by atoms with Crippen LogP contribution >= 0.6 is 11.8 Å². The molecule has 1 heterocycles. The van der Waals surface area contributed by atoms with E-state index in [1.54, 1.807) is 24.6 Å². The molecule has 0 spiro atoms. The average Bonchev–Trinajstić information content (AvgIpc) is 3.38. The summed E-state index contributed by atoms with van der Waals surface area (Å²) in [7, 11) is 3.92. The van der Waals surface area contributed by atoms with Crippen molar-refractivity contribution < 1.29 is 14.3 Å². The van der Waals surface area contributed by atoms with Crippen molar-refractivity contribution in [3.8, 4) is 5.75 Å². The van der Waals surface area contributed by atoms with Crippen LogP contribution in [0.2, 0.25) is 0 Å². The van der Waals surface area contributed by atoms with Crippen LogP contribution < -0.4 is 15.5 Å². The van der Waals surface area contributed by atoms with Crippen LogP contribution in [0.1, 0.15) is 64.6 Å². The second kappa shape index (κ2) is 13.2. The van der Waals surface area contributed by atoms with Crippen LogP contribution in [0.25, 0.3) is 0 Å². The topological polar surface area (TPSA) is 95.9 Å². The number of ether oxygens (including phenoxy) is 1. The number of hydrazone groups is 1. The highest BCUT2D eigenvalue weighted by Crippen LogP contribution is 2.33. The Balaban J connectivity index is 1.39. The number of carbonyl (C=O) groups is 2. The maximum Gasteiger partial charge on any atom is 0.298 e. The van der Waals surface area contributed by atoms with E-state index in [-0.39, 0.29) is 23.1 Å². The van der Waals surface area contributed by atoms with Gasteiger partial charge in [0, 0.05) is 41.7 Å². The van der Waals surface area contributed by atoms with Gasteiger partial charge in [-0.2, -0.15) is 5.10 Å². The van der Waals surface area contributed by atoms with Gasteiger partial charge in [0.2, 0.25) is 0 Å². The Kier molecular flexibility index (Phi) is 9.80. The first-order valence-electron chi connectivity index (χ1n) is 13.4. The molecule has 2 aromatic rings. The summed E-state index contributed by atoms with van der Waals surface area (Å²) in [6.45, 7) is 3.15. The number of aromatic nitrogens is 1. The van der Waals surface area contributed by atoms with Crippen LogP contribution in [0.3, 0.4) is 0 Å². The molecule has 0 bridgehead atoms. The number of aryl methyl sites for hydroxylation is 2. The fourth-order valence-electron chi connectivity index (χ4n) is 5.24. The molecule has 0 saturated carbocycles. The lowest BCUT2D eigenvalue weighted by Crippen LogP contribution is -2.46. The van der Waals surface area contributed by atoms with Gasteiger partial charge in [-0.3, -0.25) is 14.6 Å². The molecule has 9 heteroatoms. The standard InChI is InChI=1S/C29H39N5O3S/c1-19(16-30-33-29(36)38-4)27(17-34(2)3)32-28(35)20-12-14-21(15-13-20)37-18-24-22-8-5-6-10-25(22)31-26-11-7-9-23(24)26/h12-16,19,27H,5-11,17-18H2,1-4H3,(H,32,35)(H,33,36)/b30-16+/t19-,27?/m1/s1. The summed E-state index contributed by atoms with van der Waals surface area (Å²) in [4.78, 5) is 31.5. The van der Waals surface area contributed by atoms with E-state index in [2.05, 4.69) is 15.8 Å². The lowest BCUT2D eigenvalue weighted by Gasteiger charge is -2.25. The first kappa shape index (κ1) is 28.1. The Bertz CT molecular complexity index is 1170. The second-order valence-corrected chi connectivity index (χ2v) is 11.2. The number of hydrogen-bond donors (Lipinski definition) is 2. The molecule has 0 radical (unpaired) electrons. The van der Waals surface area contributed by atoms with Crippen molar-refractivity contribution in [1.29, 1.82) is 0 Å². The van der Waals surface area contributed by atoms with E-state index in [1.807, 2.05) is 38.1 Å². The number of benzene rings is 1. The summed E-state index contributed by atoms with van der Waals surface area (Å²) in [5.41, 5.74) is 9.75. The zero-order valence-electron chi connectivity index (χ0n) is 22.9. The maximum atomic E-state index is 13.1. The highest BCUT2D eigenvalue weighted by atomic mass is 32.2. The minimum Gasteiger partial charge on any atom is -0.489 e. The minimum atomic E-state index is -0.225. The van der Waals surface area contributed by atoms with Crippen molar-refractivity contribution in [3.05, 3.63) is 57.9 Å². The number of nitrogens with one attached hydrogen (secondary N) is 2. The number of rotatable bonds is 10. The number of hydrogen-bond acceptors (Lipinski definition) is 7. The molecule has 2 N–H and O–H groups in total. The van der Waals surface area contributed by atoms with Gasteiger partial charge in [-0.05, 0) is 106 Å². The SMILES string of the molecule is CSC(=O)N/N=C/[C@@H](C)C(CN(C)C)NC(=O)c1ccc(OCc2c3c(nc4c2CCC4)CCCC3)cc1. The third kappa shape index (κ3) is 7.14. The van der Waals surface area contributed by atoms with Gasteiger partial charge in [0.15, 0.2) is 0 Å². The number of nitrogens with zero attached hydrogens (tertiary/aromatic N) is 3. The van der Waals surface area contributed by atoms with E-state index in [1.165, 1.54) is 47.3 Å². The Labute approximate surface area is 230 Å². The van der Waals surface area contributed by atoms with Crippen molar-refractivity contribution in [2.45, 2.75) is 64.5 Å². The van der Waals surface area contributed by atoms with Gasteiger partial charge in [0.05, 0.1) is 0 Å². The maximum absolute atomic E-state index is 13.1. The molecule has 1 unspecified atom stereocenters. The van der Waals surface area contributed by atoms with Gasteiger partial charge in [-0.1, -0.05) is 18.7 Å². The normalized spacial score (nSPS) is 16.1.